The van der Waals surface area contributed by atoms with Crippen LogP contribution in [-0.2, 0) is 17.9 Å². The molecule has 1 aliphatic rings. The second-order valence-corrected chi connectivity index (χ2v) is 9.07. The summed E-state index contributed by atoms with van der Waals surface area (Å²) in [4.78, 5) is 46.2. The summed E-state index contributed by atoms with van der Waals surface area (Å²) < 4.78 is 2.21. The van der Waals surface area contributed by atoms with Gasteiger partial charge in [-0.25, -0.2) is 9.67 Å². The topological polar surface area (TPSA) is 114 Å². The molecule has 0 aliphatic carbocycles. The standard InChI is InChI=1S/C23H22N6O3S/c24-22(31)21-15-5-1-2-6-16(15)23(32)29(26-21)14-20(30)28-11-9-27(10-12-28)13-19-25-17-7-3-4-8-18(17)33-19/h1-8H,9-14H2,(H2,24,31). The van der Waals surface area contributed by atoms with E-state index in [0.717, 1.165) is 21.8 Å². The third-order valence-corrected chi connectivity index (χ3v) is 6.83. The van der Waals surface area contributed by atoms with E-state index in [-0.39, 0.29) is 18.1 Å². The highest BCUT2D eigenvalue weighted by molar-refractivity contribution is 7.18. The van der Waals surface area contributed by atoms with E-state index in [1.807, 2.05) is 18.2 Å². The number of nitrogens with zero attached hydrogens (tertiary/aromatic N) is 5. The Hall–Kier alpha value is -3.63. The van der Waals surface area contributed by atoms with Crippen molar-refractivity contribution in [1.29, 1.82) is 0 Å². The van der Waals surface area contributed by atoms with Crippen molar-refractivity contribution in [1.82, 2.24) is 24.6 Å². The molecule has 2 aromatic carbocycles. The lowest BCUT2D eigenvalue weighted by Gasteiger charge is -2.34. The Labute approximate surface area is 193 Å². The molecule has 2 aromatic heterocycles. The molecule has 2 amide bonds. The molecule has 9 nitrogen and oxygen atoms in total. The Morgan fingerprint density at radius 2 is 1.67 bits per heavy atom. The van der Waals surface area contributed by atoms with Gasteiger partial charge in [0.15, 0.2) is 5.69 Å². The summed E-state index contributed by atoms with van der Waals surface area (Å²) in [7, 11) is 0. The van der Waals surface area contributed by atoms with E-state index >= 15 is 0 Å². The minimum absolute atomic E-state index is 0.0151. The molecule has 2 N–H and O–H groups in total. The predicted molar refractivity (Wildman–Crippen MR) is 126 cm³/mol. The van der Waals surface area contributed by atoms with Gasteiger partial charge in [0, 0.05) is 31.6 Å². The number of thiazole rings is 1. The van der Waals surface area contributed by atoms with Crippen molar-refractivity contribution in [3.63, 3.8) is 0 Å². The molecule has 1 saturated heterocycles. The van der Waals surface area contributed by atoms with E-state index < -0.39 is 11.5 Å². The number of carbonyl (C=O) groups is 2. The molecule has 5 rings (SSSR count). The second kappa shape index (κ2) is 8.72. The number of primary amides is 1. The number of hydrogen-bond acceptors (Lipinski definition) is 7. The number of carbonyl (C=O) groups excluding carboxylic acids is 2. The molecule has 0 unspecified atom stereocenters. The van der Waals surface area contributed by atoms with Crippen LogP contribution < -0.4 is 11.3 Å². The Morgan fingerprint density at radius 1 is 0.970 bits per heavy atom. The van der Waals surface area contributed by atoms with Crippen LogP contribution in [0.2, 0.25) is 0 Å². The van der Waals surface area contributed by atoms with E-state index in [0.29, 0.717) is 37.0 Å². The van der Waals surface area contributed by atoms with Crippen molar-refractivity contribution < 1.29 is 9.59 Å². The van der Waals surface area contributed by atoms with E-state index in [1.165, 1.54) is 4.70 Å². The number of para-hydroxylation sites is 1. The summed E-state index contributed by atoms with van der Waals surface area (Å²) in [5.74, 6) is -0.953. The quantitative estimate of drug-likeness (QED) is 0.480. The number of hydrogen-bond donors (Lipinski definition) is 1. The zero-order valence-electron chi connectivity index (χ0n) is 17.8. The zero-order chi connectivity index (χ0) is 22.9. The summed E-state index contributed by atoms with van der Waals surface area (Å²) in [5.41, 5.74) is 6.03. The van der Waals surface area contributed by atoms with E-state index in [9.17, 15) is 14.4 Å². The van der Waals surface area contributed by atoms with Crippen molar-refractivity contribution in [3.05, 3.63) is 69.6 Å². The number of benzene rings is 2. The zero-order valence-corrected chi connectivity index (χ0v) is 18.6. The number of nitrogens with two attached hydrogens (primary N) is 1. The van der Waals surface area contributed by atoms with Gasteiger partial charge in [0.2, 0.25) is 5.91 Å². The van der Waals surface area contributed by atoms with Gasteiger partial charge in [-0.3, -0.25) is 19.3 Å². The minimum Gasteiger partial charge on any atom is -0.364 e. The fourth-order valence-electron chi connectivity index (χ4n) is 4.09. The number of aromatic nitrogens is 3. The summed E-state index contributed by atoms with van der Waals surface area (Å²) >= 11 is 1.69. The van der Waals surface area contributed by atoms with Gasteiger partial charge in [-0.05, 0) is 18.2 Å². The summed E-state index contributed by atoms with van der Waals surface area (Å²) in [6.45, 7) is 3.04. The van der Waals surface area contributed by atoms with Crippen LogP contribution in [0.4, 0.5) is 0 Å². The molecule has 1 aliphatic heterocycles. The third kappa shape index (κ3) is 4.22. The van der Waals surface area contributed by atoms with Gasteiger partial charge < -0.3 is 10.6 Å². The molecule has 0 saturated carbocycles. The van der Waals surface area contributed by atoms with Crippen LogP contribution in [0.15, 0.2) is 53.3 Å². The SMILES string of the molecule is NC(=O)c1nn(CC(=O)N2CCN(Cc3nc4ccccc4s3)CC2)c(=O)c2ccccc12. The first-order valence-corrected chi connectivity index (χ1v) is 11.5. The Bertz CT molecular complexity index is 1390. The average Bonchev–Trinajstić information content (AvgIpc) is 3.23. The van der Waals surface area contributed by atoms with E-state index in [2.05, 4.69) is 21.0 Å². The average molecular weight is 463 g/mol. The normalized spacial score (nSPS) is 14.7. The van der Waals surface area contributed by atoms with Crippen LogP contribution >= 0.6 is 11.3 Å². The predicted octanol–water partition coefficient (Wildman–Crippen LogP) is 1.45. The largest absolute Gasteiger partial charge is 0.364 e. The third-order valence-electron chi connectivity index (χ3n) is 5.81. The highest BCUT2D eigenvalue weighted by Crippen LogP contribution is 2.23. The van der Waals surface area contributed by atoms with Gasteiger partial charge in [0.1, 0.15) is 11.6 Å². The molecule has 0 radical (unpaired) electrons. The number of piperazine rings is 1. The van der Waals surface area contributed by atoms with Gasteiger partial charge in [0.25, 0.3) is 11.5 Å². The van der Waals surface area contributed by atoms with Crippen molar-refractivity contribution in [2.75, 3.05) is 26.2 Å². The van der Waals surface area contributed by atoms with Gasteiger partial charge >= 0.3 is 0 Å². The van der Waals surface area contributed by atoms with Gasteiger partial charge in [0.05, 0.1) is 22.1 Å². The number of fused-ring (bicyclic) bond motifs is 2. The monoisotopic (exact) mass is 462 g/mol. The molecule has 10 heteroatoms. The molecular formula is C23H22N6O3S. The van der Waals surface area contributed by atoms with Crippen LogP contribution in [0.5, 0.6) is 0 Å². The molecule has 4 aromatic rings. The summed E-state index contributed by atoms with van der Waals surface area (Å²) in [5, 5.41) is 5.85. The maximum atomic E-state index is 12.9. The van der Waals surface area contributed by atoms with Crippen molar-refractivity contribution in [3.8, 4) is 0 Å². The summed E-state index contributed by atoms with van der Waals surface area (Å²) in [6, 6.07) is 14.7. The fraction of sp³-hybridized carbons (Fsp3) is 0.261. The van der Waals surface area contributed by atoms with Crippen LogP contribution in [0.25, 0.3) is 21.0 Å². The Balaban J connectivity index is 1.26. The molecule has 33 heavy (non-hydrogen) atoms. The van der Waals surface area contributed by atoms with Crippen LogP contribution in [0, 0.1) is 0 Å². The van der Waals surface area contributed by atoms with Gasteiger partial charge in [-0.1, -0.05) is 30.3 Å². The van der Waals surface area contributed by atoms with Crippen molar-refractivity contribution >= 4 is 44.1 Å². The first kappa shape index (κ1) is 21.2. The molecular weight excluding hydrogens is 440 g/mol. The lowest BCUT2D eigenvalue weighted by molar-refractivity contribution is -0.133. The maximum Gasteiger partial charge on any atom is 0.275 e. The number of amides is 2. The van der Waals surface area contributed by atoms with Crippen molar-refractivity contribution in [2.24, 2.45) is 5.73 Å². The first-order chi connectivity index (χ1) is 16.0. The lowest BCUT2D eigenvalue weighted by Crippen LogP contribution is -2.49. The molecule has 168 valence electrons. The van der Waals surface area contributed by atoms with E-state index in [4.69, 9.17) is 5.73 Å². The minimum atomic E-state index is -0.740. The number of rotatable bonds is 5. The van der Waals surface area contributed by atoms with Crippen LogP contribution in [0.3, 0.4) is 0 Å². The first-order valence-electron chi connectivity index (χ1n) is 10.6. The maximum absolute atomic E-state index is 12.9. The molecule has 0 atom stereocenters. The molecule has 1 fully saturated rings. The lowest BCUT2D eigenvalue weighted by atomic mass is 10.1. The van der Waals surface area contributed by atoms with Gasteiger partial charge in [-0.15, -0.1) is 11.3 Å². The highest BCUT2D eigenvalue weighted by atomic mass is 32.1. The fourth-order valence-corrected chi connectivity index (χ4v) is 5.10. The Kier molecular flexibility index (Phi) is 5.61. The highest BCUT2D eigenvalue weighted by Gasteiger charge is 2.23. The van der Waals surface area contributed by atoms with Crippen LogP contribution in [0.1, 0.15) is 15.5 Å². The smallest absolute Gasteiger partial charge is 0.275 e. The second-order valence-electron chi connectivity index (χ2n) is 7.95. The molecule has 0 spiro atoms. The van der Waals surface area contributed by atoms with Crippen LogP contribution in [-0.4, -0.2) is 62.6 Å². The van der Waals surface area contributed by atoms with Gasteiger partial charge in [-0.2, -0.15) is 5.10 Å². The van der Waals surface area contributed by atoms with Crippen molar-refractivity contribution in [2.45, 2.75) is 13.1 Å². The molecule has 0 bridgehead atoms. The molecule has 3 heterocycles. The Morgan fingerprint density at radius 3 is 2.39 bits per heavy atom. The summed E-state index contributed by atoms with van der Waals surface area (Å²) in [6.07, 6.45) is 0. The van der Waals surface area contributed by atoms with E-state index in [1.54, 1.807) is 40.5 Å².